The molecule has 0 fully saturated rings. The van der Waals surface area contributed by atoms with E-state index < -0.39 is 5.60 Å². The minimum absolute atomic E-state index is 0.0779. The fourth-order valence-corrected chi connectivity index (χ4v) is 5.18. The van der Waals surface area contributed by atoms with Gasteiger partial charge in [0.05, 0.1) is 5.60 Å². The van der Waals surface area contributed by atoms with Crippen molar-refractivity contribution in [2.24, 2.45) is 0 Å². The molecule has 0 aliphatic rings. The van der Waals surface area contributed by atoms with E-state index in [-0.39, 0.29) is 5.41 Å². The van der Waals surface area contributed by atoms with Crippen molar-refractivity contribution < 1.29 is 14.6 Å². The molecule has 0 aliphatic carbocycles. The highest BCUT2D eigenvalue weighted by Gasteiger charge is 2.31. The second-order valence-corrected chi connectivity index (χ2v) is 9.77. The first-order chi connectivity index (χ1) is 17.3. The van der Waals surface area contributed by atoms with Gasteiger partial charge < -0.3 is 9.84 Å². The van der Waals surface area contributed by atoms with E-state index in [9.17, 15) is 9.90 Å². The molecule has 0 saturated heterocycles. The quantitative estimate of drug-likeness (QED) is 0.279. The van der Waals surface area contributed by atoms with Crippen LogP contribution >= 0.6 is 0 Å². The van der Waals surface area contributed by atoms with Crippen molar-refractivity contribution in [3.05, 3.63) is 94.6 Å². The van der Waals surface area contributed by atoms with Crippen molar-refractivity contribution in [1.82, 2.24) is 0 Å². The maximum atomic E-state index is 10.7. The minimum atomic E-state index is -0.747. The zero-order chi connectivity index (χ0) is 26.3. The first-order valence-electron chi connectivity index (χ1n) is 13.1. The molecule has 0 radical (unpaired) electrons. The van der Waals surface area contributed by atoms with Crippen molar-refractivity contribution in [1.29, 1.82) is 0 Å². The van der Waals surface area contributed by atoms with Gasteiger partial charge in [0.25, 0.3) is 6.47 Å². The van der Waals surface area contributed by atoms with E-state index in [1.54, 1.807) is 0 Å². The summed E-state index contributed by atoms with van der Waals surface area (Å²) in [5.74, 6) is 0.543. The van der Waals surface area contributed by atoms with Crippen LogP contribution in [0.15, 0.2) is 66.7 Å². The van der Waals surface area contributed by atoms with Gasteiger partial charge in [-0.25, -0.2) is 0 Å². The topological polar surface area (TPSA) is 46.5 Å². The van der Waals surface area contributed by atoms with Gasteiger partial charge in [0.15, 0.2) is 0 Å². The lowest BCUT2D eigenvalue weighted by Gasteiger charge is -2.34. The molecule has 0 aliphatic heterocycles. The lowest BCUT2D eigenvalue weighted by Crippen LogP contribution is -2.26. The highest BCUT2D eigenvalue weighted by molar-refractivity contribution is 5.69. The average molecular weight is 485 g/mol. The second kappa shape index (κ2) is 11.7. The molecule has 190 valence electrons. The van der Waals surface area contributed by atoms with Gasteiger partial charge in [-0.15, -0.1) is 0 Å². The van der Waals surface area contributed by atoms with Crippen LogP contribution in [-0.2, 0) is 10.2 Å². The number of rotatable bonds is 11. The predicted molar refractivity (Wildman–Crippen MR) is 150 cm³/mol. The van der Waals surface area contributed by atoms with E-state index in [0.717, 1.165) is 24.0 Å². The number of ether oxygens (including phenoxy) is 1. The van der Waals surface area contributed by atoms with Crippen LogP contribution in [0.4, 0.5) is 0 Å². The molecule has 0 spiro atoms. The lowest BCUT2D eigenvalue weighted by atomic mass is 9.69. The highest BCUT2D eigenvalue weighted by atomic mass is 16.5. The Kier molecular flexibility index (Phi) is 8.92. The Morgan fingerprint density at radius 3 is 1.86 bits per heavy atom. The summed E-state index contributed by atoms with van der Waals surface area (Å²) < 4.78 is 4.93. The van der Waals surface area contributed by atoms with Crippen LogP contribution in [0, 0.1) is 13.8 Å². The SMILES string of the molecule is CCC(O)(C=Cc1ccc(C(CC)(CC)c2ccc(-c3ccc(OC=O)cc3)c(C)c2)cc1C)CC. The summed E-state index contributed by atoms with van der Waals surface area (Å²) in [6, 6.07) is 21.2. The molecule has 3 aromatic rings. The summed E-state index contributed by atoms with van der Waals surface area (Å²) in [5, 5.41) is 10.7. The number of hydrogen-bond acceptors (Lipinski definition) is 3. The molecule has 0 unspecified atom stereocenters. The zero-order valence-corrected chi connectivity index (χ0v) is 22.6. The summed E-state index contributed by atoms with van der Waals surface area (Å²) in [7, 11) is 0. The summed E-state index contributed by atoms with van der Waals surface area (Å²) in [5.41, 5.74) is 7.68. The second-order valence-electron chi connectivity index (χ2n) is 9.77. The van der Waals surface area contributed by atoms with E-state index in [2.05, 4.69) is 70.2 Å². The van der Waals surface area contributed by atoms with Crippen molar-refractivity contribution in [3.63, 3.8) is 0 Å². The Labute approximate surface area is 216 Å². The molecule has 3 heteroatoms. The van der Waals surface area contributed by atoms with Gasteiger partial charge in [0.2, 0.25) is 0 Å². The number of carbonyl (C=O) groups is 1. The van der Waals surface area contributed by atoms with Crippen molar-refractivity contribution >= 4 is 12.5 Å². The molecule has 0 atom stereocenters. The van der Waals surface area contributed by atoms with Crippen molar-refractivity contribution in [2.75, 3.05) is 0 Å². The fraction of sp³-hybridized carbons (Fsp3) is 0.364. The van der Waals surface area contributed by atoms with Crippen LogP contribution in [0.25, 0.3) is 17.2 Å². The van der Waals surface area contributed by atoms with Crippen LogP contribution in [0.3, 0.4) is 0 Å². The lowest BCUT2D eigenvalue weighted by molar-refractivity contribution is -0.120. The third-order valence-corrected chi connectivity index (χ3v) is 7.96. The Bertz CT molecular complexity index is 1200. The van der Waals surface area contributed by atoms with Gasteiger partial charge in [-0.1, -0.05) is 88.4 Å². The van der Waals surface area contributed by atoms with Gasteiger partial charge in [0, 0.05) is 5.41 Å². The Morgan fingerprint density at radius 2 is 1.36 bits per heavy atom. The molecule has 1 N–H and O–H groups in total. The molecule has 0 aromatic heterocycles. The van der Waals surface area contributed by atoms with Crippen LogP contribution in [0.5, 0.6) is 5.75 Å². The number of hydrogen-bond donors (Lipinski definition) is 1. The van der Waals surface area contributed by atoms with Gasteiger partial charge in [-0.3, -0.25) is 4.79 Å². The molecular formula is C33H40O3. The summed E-state index contributed by atoms with van der Waals surface area (Å²) >= 11 is 0. The molecule has 3 aromatic carbocycles. The van der Waals surface area contributed by atoms with Crippen LogP contribution in [0.2, 0.25) is 0 Å². The van der Waals surface area contributed by atoms with E-state index in [0.29, 0.717) is 25.1 Å². The zero-order valence-electron chi connectivity index (χ0n) is 22.6. The molecule has 36 heavy (non-hydrogen) atoms. The maximum Gasteiger partial charge on any atom is 0.298 e. The van der Waals surface area contributed by atoms with E-state index in [1.807, 2.05) is 44.2 Å². The Morgan fingerprint density at radius 1 is 0.778 bits per heavy atom. The predicted octanol–water partition coefficient (Wildman–Crippen LogP) is 8.18. The van der Waals surface area contributed by atoms with Gasteiger partial charge in [-0.05, 0) is 90.6 Å². The van der Waals surface area contributed by atoms with E-state index >= 15 is 0 Å². The third kappa shape index (κ3) is 5.63. The van der Waals surface area contributed by atoms with Gasteiger partial charge in [-0.2, -0.15) is 0 Å². The van der Waals surface area contributed by atoms with Crippen LogP contribution < -0.4 is 4.74 Å². The number of aliphatic hydroxyl groups is 1. The monoisotopic (exact) mass is 484 g/mol. The molecule has 0 bridgehead atoms. The standard InChI is InChI=1S/C33H40O3/c1-7-32(35,8-2)20-19-26-11-14-28(21-24(26)5)33(9-3,10-4)29-15-18-31(25(6)22-29)27-12-16-30(17-13-27)36-23-34/h11-23,35H,7-10H2,1-6H3. The average Bonchev–Trinajstić information content (AvgIpc) is 2.90. The number of carbonyl (C=O) groups excluding carboxylic acids is 1. The summed E-state index contributed by atoms with van der Waals surface area (Å²) in [6.45, 7) is 13.3. The Hall–Kier alpha value is -3.17. The molecule has 0 amide bonds. The first kappa shape index (κ1) is 27.4. The third-order valence-electron chi connectivity index (χ3n) is 7.96. The summed E-state index contributed by atoms with van der Waals surface area (Å²) in [6.07, 6.45) is 7.42. The van der Waals surface area contributed by atoms with Gasteiger partial charge in [0.1, 0.15) is 5.75 Å². The van der Waals surface area contributed by atoms with Gasteiger partial charge >= 0.3 is 0 Å². The fourth-order valence-electron chi connectivity index (χ4n) is 5.18. The largest absolute Gasteiger partial charge is 0.429 e. The van der Waals surface area contributed by atoms with Crippen molar-refractivity contribution in [2.45, 2.75) is 78.2 Å². The molecule has 3 rings (SSSR count). The number of benzene rings is 3. The normalized spacial score (nSPS) is 12.2. The van der Waals surface area contributed by atoms with E-state index in [4.69, 9.17) is 4.74 Å². The smallest absolute Gasteiger partial charge is 0.298 e. The van der Waals surface area contributed by atoms with Crippen molar-refractivity contribution in [3.8, 4) is 16.9 Å². The van der Waals surface area contributed by atoms with Crippen LogP contribution in [-0.4, -0.2) is 17.2 Å². The minimum Gasteiger partial charge on any atom is -0.429 e. The molecule has 0 heterocycles. The Balaban J connectivity index is 1.98. The highest BCUT2D eigenvalue weighted by Crippen LogP contribution is 2.41. The molecular weight excluding hydrogens is 444 g/mol. The first-order valence-corrected chi connectivity index (χ1v) is 13.1. The maximum absolute atomic E-state index is 10.7. The molecule has 0 saturated carbocycles. The summed E-state index contributed by atoms with van der Waals surface area (Å²) in [4.78, 5) is 10.6. The molecule has 3 nitrogen and oxygen atoms in total. The van der Waals surface area contributed by atoms with E-state index in [1.165, 1.54) is 27.8 Å². The number of aryl methyl sites for hydroxylation is 2. The van der Waals surface area contributed by atoms with Crippen LogP contribution in [0.1, 0.15) is 81.2 Å².